The van der Waals surface area contributed by atoms with Crippen LogP contribution in [0.2, 0.25) is 0 Å². The predicted octanol–water partition coefficient (Wildman–Crippen LogP) is 1.19. The van der Waals surface area contributed by atoms with Gasteiger partial charge in [0.25, 0.3) is 5.91 Å². The van der Waals surface area contributed by atoms with E-state index in [4.69, 9.17) is 22.7 Å². The number of hydrogen-bond acceptors (Lipinski definition) is 3. The van der Waals surface area contributed by atoms with Crippen LogP contribution in [0.3, 0.4) is 0 Å². The second-order valence-electron chi connectivity index (χ2n) is 4.70. The molecular weight excluding hydrogens is 274 g/mol. The number of anilines is 1. The molecule has 1 amide bonds. The number of nitrogens with two attached hydrogens (primary N) is 1. The van der Waals surface area contributed by atoms with Gasteiger partial charge in [-0.3, -0.25) is 4.79 Å². The van der Waals surface area contributed by atoms with E-state index in [1.165, 1.54) is 0 Å². The third-order valence-corrected chi connectivity index (χ3v) is 3.24. The maximum Gasteiger partial charge on any atom is 0.260 e. The molecule has 1 aliphatic heterocycles. The molecule has 6 heteroatoms. The molecule has 1 aromatic rings. The van der Waals surface area contributed by atoms with Crippen LogP contribution in [0.25, 0.3) is 0 Å². The molecule has 20 heavy (non-hydrogen) atoms. The van der Waals surface area contributed by atoms with Crippen molar-refractivity contribution in [2.45, 2.75) is 13.0 Å². The van der Waals surface area contributed by atoms with Crippen LogP contribution in [-0.2, 0) is 4.79 Å². The number of ether oxygens (including phenoxy) is 1. The number of carbonyl (C=O) groups is 1. The lowest BCUT2D eigenvalue weighted by molar-refractivity contribution is -0.124. The molecule has 106 valence electrons. The Balaban J connectivity index is 2.24. The van der Waals surface area contributed by atoms with Crippen LogP contribution >= 0.6 is 12.2 Å². The molecule has 0 saturated heterocycles. The molecule has 0 unspecified atom stereocenters. The number of nitrogens with zero attached hydrogens (tertiary/aromatic N) is 1. The average Bonchev–Trinajstić information content (AvgIpc) is 2.43. The minimum Gasteiger partial charge on any atom is -0.477 e. The normalized spacial score (nSPS) is 16.9. The fourth-order valence-electron chi connectivity index (χ4n) is 1.90. The summed E-state index contributed by atoms with van der Waals surface area (Å²) in [4.78, 5) is 13.2. The summed E-state index contributed by atoms with van der Waals surface area (Å²) in [5.41, 5.74) is 7.14. The summed E-state index contributed by atoms with van der Waals surface area (Å²) < 4.78 is 5.58. The Morgan fingerprint density at radius 1 is 1.60 bits per heavy atom. The van der Waals surface area contributed by atoms with Crippen LogP contribution in [-0.4, -0.2) is 30.2 Å². The molecule has 0 fully saturated rings. The second kappa shape index (κ2) is 5.92. The summed E-state index contributed by atoms with van der Waals surface area (Å²) in [5, 5.41) is 3.63. The van der Waals surface area contributed by atoms with Gasteiger partial charge < -0.3 is 20.7 Å². The topological polar surface area (TPSA) is 67.6 Å². The third-order valence-electron chi connectivity index (χ3n) is 2.88. The van der Waals surface area contributed by atoms with E-state index < -0.39 is 12.0 Å². The zero-order chi connectivity index (χ0) is 14.7. The van der Waals surface area contributed by atoms with Crippen LogP contribution in [0.5, 0.6) is 5.75 Å². The van der Waals surface area contributed by atoms with E-state index in [-0.39, 0.29) is 0 Å². The van der Waals surface area contributed by atoms with Gasteiger partial charge in [0.15, 0.2) is 11.2 Å². The van der Waals surface area contributed by atoms with Crippen molar-refractivity contribution in [1.29, 1.82) is 0 Å². The molecule has 1 aromatic carbocycles. The van der Waals surface area contributed by atoms with Crippen molar-refractivity contribution in [3.05, 3.63) is 36.4 Å². The SMILES string of the molecule is C=C(C)CNC(=S)N1C[C@@H](C(N)=O)Oc2ccccc21. The Kier molecular flexibility index (Phi) is 4.24. The van der Waals surface area contributed by atoms with Crippen LogP contribution < -0.4 is 20.7 Å². The molecule has 1 heterocycles. The zero-order valence-corrected chi connectivity index (χ0v) is 12.1. The van der Waals surface area contributed by atoms with Crippen LogP contribution in [0.1, 0.15) is 6.92 Å². The lowest BCUT2D eigenvalue weighted by Crippen LogP contribution is -2.52. The van der Waals surface area contributed by atoms with Crippen molar-refractivity contribution < 1.29 is 9.53 Å². The number of thiocarbonyl (C=S) groups is 1. The van der Waals surface area contributed by atoms with Gasteiger partial charge in [-0.1, -0.05) is 24.3 Å². The summed E-state index contributed by atoms with van der Waals surface area (Å²) in [6.07, 6.45) is -0.713. The molecule has 3 N–H and O–H groups in total. The van der Waals surface area contributed by atoms with Crippen molar-refractivity contribution in [3.63, 3.8) is 0 Å². The number of benzene rings is 1. The smallest absolute Gasteiger partial charge is 0.260 e. The number of primary amides is 1. The molecular formula is C14H17N3O2S. The van der Waals surface area contributed by atoms with Crippen LogP contribution in [0.15, 0.2) is 36.4 Å². The molecule has 2 rings (SSSR count). The summed E-state index contributed by atoms with van der Waals surface area (Å²) in [6.45, 7) is 6.61. The Morgan fingerprint density at radius 2 is 2.30 bits per heavy atom. The highest BCUT2D eigenvalue weighted by molar-refractivity contribution is 7.80. The van der Waals surface area contributed by atoms with E-state index in [1.54, 1.807) is 6.07 Å². The number of para-hydroxylation sites is 2. The number of carbonyl (C=O) groups excluding carboxylic acids is 1. The molecule has 1 aliphatic rings. The monoisotopic (exact) mass is 291 g/mol. The van der Waals surface area contributed by atoms with E-state index >= 15 is 0 Å². The molecule has 0 spiro atoms. The summed E-state index contributed by atoms with van der Waals surface area (Å²) >= 11 is 5.37. The van der Waals surface area contributed by atoms with Crippen molar-refractivity contribution in [1.82, 2.24) is 5.32 Å². The van der Waals surface area contributed by atoms with Crippen molar-refractivity contribution in [2.75, 3.05) is 18.0 Å². The number of hydrogen-bond donors (Lipinski definition) is 2. The molecule has 0 aromatic heterocycles. The first-order valence-corrected chi connectivity index (χ1v) is 6.64. The molecule has 0 radical (unpaired) electrons. The van der Waals surface area contributed by atoms with Crippen molar-refractivity contribution in [3.8, 4) is 5.75 Å². The van der Waals surface area contributed by atoms with E-state index in [1.807, 2.05) is 30.0 Å². The third kappa shape index (κ3) is 3.08. The Bertz CT molecular complexity index is 559. The zero-order valence-electron chi connectivity index (χ0n) is 11.3. The fraction of sp³-hybridized carbons (Fsp3) is 0.286. The Morgan fingerprint density at radius 3 is 2.95 bits per heavy atom. The number of nitrogens with one attached hydrogen (secondary N) is 1. The highest BCUT2D eigenvalue weighted by atomic mass is 32.1. The van der Waals surface area contributed by atoms with Gasteiger partial charge >= 0.3 is 0 Å². The first kappa shape index (κ1) is 14.3. The molecule has 1 atom stereocenters. The van der Waals surface area contributed by atoms with Gasteiger partial charge in [0.05, 0.1) is 12.2 Å². The van der Waals surface area contributed by atoms with Gasteiger partial charge in [-0.15, -0.1) is 0 Å². The highest BCUT2D eigenvalue weighted by Crippen LogP contribution is 2.33. The molecule has 0 saturated carbocycles. The van der Waals surface area contributed by atoms with Gasteiger partial charge in [-0.2, -0.15) is 0 Å². The summed E-state index contributed by atoms with van der Waals surface area (Å²) in [6, 6.07) is 7.41. The Hall–Kier alpha value is -2.08. The largest absolute Gasteiger partial charge is 0.477 e. The molecule has 0 bridgehead atoms. The van der Waals surface area contributed by atoms with Crippen molar-refractivity contribution in [2.24, 2.45) is 5.73 Å². The molecule has 0 aliphatic carbocycles. The molecule has 5 nitrogen and oxygen atoms in total. The van der Waals surface area contributed by atoms with E-state index in [2.05, 4.69) is 11.9 Å². The Labute approximate surface area is 123 Å². The first-order chi connectivity index (χ1) is 9.49. The van der Waals surface area contributed by atoms with Gasteiger partial charge in [0.1, 0.15) is 5.75 Å². The standard InChI is InChI=1S/C14H17N3O2S/c1-9(2)7-16-14(20)17-8-12(13(15)18)19-11-6-4-3-5-10(11)17/h3-6,12H,1,7-8H2,2H3,(H2,15,18)(H,16,20)/t12-/m0/s1. The van der Waals surface area contributed by atoms with Crippen LogP contribution in [0.4, 0.5) is 5.69 Å². The lowest BCUT2D eigenvalue weighted by Gasteiger charge is -2.35. The predicted molar refractivity (Wildman–Crippen MR) is 82.8 cm³/mol. The summed E-state index contributed by atoms with van der Waals surface area (Å²) in [7, 11) is 0. The van der Waals surface area contributed by atoms with Gasteiger partial charge in [-0.25, -0.2) is 0 Å². The highest BCUT2D eigenvalue weighted by Gasteiger charge is 2.30. The summed E-state index contributed by atoms with van der Waals surface area (Å²) in [5.74, 6) is 0.0919. The number of amides is 1. The fourth-order valence-corrected chi connectivity index (χ4v) is 2.14. The minimum atomic E-state index is -0.713. The van der Waals surface area contributed by atoms with Gasteiger partial charge in [-0.05, 0) is 31.3 Å². The second-order valence-corrected chi connectivity index (χ2v) is 5.09. The van der Waals surface area contributed by atoms with E-state index in [9.17, 15) is 4.79 Å². The van der Waals surface area contributed by atoms with E-state index in [0.29, 0.717) is 24.0 Å². The van der Waals surface area contributed by atoms with Crippen molar-refractivity contribution >= 4 is 28.9 Å². The van der Waals surface area contributed by atoms with Crippen LogP contribution in [0, 0.1) is 0 Å². The first-order valence-electron chi connectivity index (χ1n) is 6.24. The number of rotatable bonds is 3. The maximum atomic E-state index is 11.4. The number of fused-ring (bicyclic) bond motifs is 1. The quantitative estimate of drug-likeness (QED) is 0.647. The van der Waals surface area contributed by atoms with E-state index in [0.717, 1.165) is 11.3 Å². The lowest BCUT2D eigenvalue weighted by atomic mass is 10.2. The minimum absolute atomic E-state index is 0.300. The average molecular weight is 291 g/mol. The maximum absolute atomic E-state index is 11.4. The van der Waals surface area contributed by atoms with Gasteiger partial charge in [0, 0.05) is 6.54 Å². The van der Waals surface area contributed by atoms with Gasteiger partial charge in [0.2, 0.25) is 0 Å².